The van der Waals surface area contributed by atoms with Crippen LogP contribution in [0, 0.1) is 0 Å². The van der Waals surface area contributed by atoms with E-state index < -0.39 is 0 Å². The van der Waals surface area contributed by atoms with E-state index in [9.17, 15) is 4.79 Å². The molecule has 0 N–H and O–H groups in total. The smallest absolute Gasteiger partial charge is 0.223 e. The molecule has 0 aliphatic carbocycles. The van der Waals surface area contributed by atoms with Gasteiger partial charge in [0.2, 0.25) is 5.91 Å². The second kappa shape index (κ2) is 9.97. The van der Waals surface area contributed by atoms with Crippen molar-refractivity contribution in [3.8, 4) is 11.5 Å². The number of benzene rings is 2. The highest BCUT2D eigenvalue weighted by Crippen LogP contribution is 2.38. The van der Waals surface area contributed by atoms with E-state index in [0.717, 1.165) is 50.6 Å². The van der Waals surface area contributed by atoms with Crippen LogP contribution >= 0.6 is 34.7 Å². The van der Waals surface area contributed by atoms with E-state index in [1.165, 1.54) is 0 Å². The van der Waals surface area contributed by atoms with Gasteiger partial charge in [-0.25, -0.2) is 4.98 Å². The molecule has 4 rings (SSSR count). The molecule has 0 spiro atoms. The van der Waals surface area contributed by atoms with Crippen LogP contribution in [0.15, 0.2) is 41.3 Å². The molecule has 164 valence electrons. The highest BCUT2D eigenvalue weighted by Gasteiger charge is 2.24. The molecule has 3 aromatic rings. The van der Waals surface area contributed by atoms with Crippen molar-refractivity contribution < 1.29 is 14.3 Å². The van der Waals surface area contributed by atoms with Gasteiger partial charge in [-0.15, -0.1) is 11.8 Å². The number of carbonyl (C=O) groups excluding carboxylic acids is 1. The van der Waals surface area contributed by atoms with Crippen molar-refractivity contribution in [1.29, 1.82) is 0 Å². The van der Waals surface area contributed by atoms with E-state index in [1.807, 2.05) is 41.3 Å². The van der Waals surface area contributed by atoms with Crippen LogP contribution in [0.4, 0.5) is 5.13 Å². The van der Waals surface area contributed by atoms with Crippen LogP contribution in [0.1, 0.15) is 6.42 Å². The molecule has 1 aromatic heterocycles. The molecule has 1 saturated heterocycles. The summed E-state index contributed by atoms with van der Waals surface area (Å²) in [5, 5.41) is 1.60. The lowest BCUT2D eigenvalue weighted by atomic mass is 10.3. The number of thiazole rings is 1. The SMILES string of the molecule is COc1ccc(SCCC(=O)N2CCN(c3nc4c(OC)ccc(Cl)c4s3)CC2)cc1. The van der Waals surface area contributed by atoms with Crippen molar-refractivity contribution in [2.24, 2.45) is 0 Å². The van der Waals surface area contributed by atoms with Crippen molar-refractivity contribution >= 4 is 56.0 Å². The summed E-state index contributed by atoms with van der Waals surface area (Å²) in [7, 11) is 3.29. The van der Waals surface area contributed by atoms with Crippen LogP contribution in [0.5, 0.6) is 11.5 Å². The molecule has 0 atom stereocenters. The molecular weight excluding hydrogens is 454 g/mol. The minimum atomic E-state index is 0.203. The Balaban J connectivity index is 1.29. The number of halogens is 1. The van der Waals surface area contributed by atoms with Crippen molar-refractivity contribution in [3.63, 3.8) is 0 Å². The van der Waals surface area contributed by atoms with Crippen molar-refractivity contribution in [2.45, 2.75) is 11.3 Å². The molecule has 1 fully saturated rings. The van der Waals surface area contributed by atoms with Crippen LogP contribution in [0.25, 0.3) is 10.2 Å². The maximum Gasteiger partial charge on any atom is 0.223 e. The topological polar surface area (TPSA) is 54.9 Å². The zero-order valence-corrected chi connectivity index (χ0v) is 19.9. The average molecular weight is 478 g/mol. The van der Waals surface area contributed by atoms with E-state index in [1.54, 1.807) is 37.3 Å². The lowest BCUT2D eigenvalue weighted by molar-refractivity contribution is -0.131. The normalized spacial score (nSPS) is 14.2. The fraction of sp³-hybridized carbons (Fsp3) is 0.364. The quantitative estimate of drug-likeness (QED) is 0.456. The van der Waals surface area contributed by atoms with E-state index in [-0.39, 0.29) is 5.91 Å². The molecule has 6 nitrogen and oxygen atoms in total. The van der Waals surface area contributed by atoms with Gasteiger partial charge in [0.15, 0.2) is 5.13 Å². The lowest BCUT2D eigenvalue weighted by Gasteiger charge is -2.34. The minimum Gasteiger partial charge on any atom is -0.497 e. The summed E-state index contributed by atoms with van der Waals surface area (Å²) >= 11 is 9.61. The minimum absolute atomic E-state index is 0.203. The number of piperazine rings is 1. The summed E-state index contributed by atoms with van der Waals surface area (Å²) in [5.74, 6) is 2.54. The molecule has 0 saturated carbocycles. The van der Waals surface area contributed by atoms with Gasteiger partial charge in [-0.1, -0.05) is 22.9 Å². The summed E-state index contributed by atoms with van der Waals surface area (Å²) in [6.45, 7) is 2.92. The summed E-state index contributed by atoms with van der Waals surface area (Å²) in [6.07, 6.45) is 0.532. The summed E-state index contributed by atoms with van der Waals surface area (Å²) in [5.41, 5.74) is 0.795. The number of hydrogen-bond acceptors (Lipinski definition) is 7. The number of thioether (sulfide) groups is 1. The summed E-state index contributed by atoms with van der Waals surface area (Å²) in [4.78, 5) is 22.7. The Bertz CT molecular complexity index is 1050. The molecule has 2 aromatic carbocycles. The molecule has 9 heteroatoms. The number of rotatable bonds is 7. The third kappa shape index (κ3) is 5.02. The highest BCUT2D eigenvalue weighted by molar-refractivity contribution is 7.99. The molecule has 2 heterocycles. The Morgan fingerprint density at radius 2 is 1.84 bits per heavy atom. The predicted octanol–water partition coefficient (Wildman–Crippen LogP) is 4.80. The van der Waals surface area contributed by atoms with Gasteiger partial charge in [-0.3, -0.25) is 4.79 Å². The Kier molecular flexibility index (Phi) is 7.09. The molecule has 1 aliphatic rings. The van der Waals surface area contributed by atoms with Crippen LogP contribution in [0.2, 0.25) is 5.02 Å². The Morgan fingerprint density at radius 3 is 2.52 bits per heavy atom. The lowest BCUT2D eigenvalue weighted by Crippen LogP contribution is -2.48. The maximum atomic E-state index is 12.6. The highest BCUT2D eigenvalue weighted by atomic mass is 35.5. The third-order valence-corrected chi connectivity index (χ3v) is 7.80. The van der Waals surface area contributed by atoms with Crippen molar-refractivity contribution in [1.82, 2.24) is 9.88 Å². The second-order valence-corrected chi connectivity index (χ2v) is 9.62. The molecule has 31 heavy (non-hydrogen) atoms. The van der Waals surface area contributed by atoms with Crippen molar-refractivity contribution in [3.05, 3.63) is 41.4 Å². The van der Waals surface area contributed by atoms with Gasteiger partial charge in [0, 0.05) is 43.2 Å². The zero-order chi connectivity index (χ0) is 21.8. The number of hydrogen-bond donors (Lipinski definition) is 0. The van der Waals surface area contributed by atoms with Gasteiger partial charge in [-0.2, -0.15) is 0 Å². The molecular formula is C22H24ClN3O3S2. The molecule has 0 unspecified atom stereocenters. The second-order valence-electron chi connectivity index (χ2n) is 7.07. The number of anilines is 1. The van der Waals surface area contributed by atoms with Gasteiger partial charge in [0.25, 0.3) is 0 Å². The van der Waals surface area contributed by atoms with Gasteiger partial charge in [0.1, 0.15) is 17.0 Å². The van der Waals surface area contributed by atoms with E-state index in [4.69, 9.17) is 26.1 Å². The fourth-order valence-corrected chi connectivity index (χ4v) is 5.62. The number of aromatic nitrogens is 1. The van der Waals surface area contributed by atoms with E-state index in [0.29, 0.717) is 24.5 Å². The Morgan fingerprint density at radius 1 is 1.10 bits per heavy atom. The Labute approximate surface area is 195 Å². The number of nitrogens with zero attached hydrogens (tertiary/aromatic N) is 3. The van der Waals surface area contributed by atoms with Crippen LogP contribution in [0.3, 0.4) is 0 Å². The van der Waals surface area contributed by atoms with Crippen LogP contribution < -0.4 is 14.4 Å². The number of carbonyl (C=O) groups is 1. The van der Waals surface area contributed by atoms with E-state index in [2.05, 4.69) is 4.90 Å². The van der Waals surface area contributed by atoms with Crippen LogP contribution in [-0.4, -0.2) is 61.9 Å². The summed E-state index contributed by atoms with van der Waals surface area (Å²) < 4.78 is 11.5. The molecule has 0 bridgehead atoms. The first-order valence-electron chi connectivity index (χ1n) is 10.0. The predicted molar refractivity (Wildman–Crippen MR) is 128 cm³/mol. The van der Waals surface area contributed by atoms with Gasteiger partial charge < -0.3 is 19.3 Å². The number of fused-ring (bicyclic) bond motifs is 1. The number of methoxy groups -OCH3 is 2. The molecule has 0 radical (unpaired) electrons. The Hall–Kier alpha value is -2.16. The fourth-order valence-electron chi connectivity index (χ4n) is 3.47. The first kappa shape index (κ1) is 22.0. The third-order valence-electron chi connectivity index (χ3n) is 5.21. The number of amides is 1. The van der Waals surface area contributed by atoms with E-state index >= 15 is 0 Å². The molecule has 1 amide bonds. The average Bonchev–Trinajstić information content (AvgIpc) is 3.26. The van der Waals surface area contributed by atoms with Gasteiger partial charge >= 0.3 is 0 Å². The van der Waals surface area contributed by atoms with Gasteiger partial charge in [0.05, 0.1) is 23.9 Å². The molecule has 1 aliphatic heterocycles. The first-order valence-corrected chi connectivity index (χ1v) is 12.2. The zero-order valence-electron chi connectivity index (χ0n) is 17.5. The monoisotopic (exact) mass is 477 g/mol. The van der Waals surface area contributed by atoms with Gasteiger partial charge in [-0.05, 0) is 36.4 Å². The standard InChI is InChI=1S/C22H24ClN3O3S2/c1-28-15-3-5-16(6-4-15)30-14-9-19(27)25-10-12-26(13-11-25)22-24-20-18(29-2)8-7-17(23)21(20)31-22/h3-8H,9-14H2,1-2H3. The summed E-state index contributed by atoms with van der Waals surface area (Å²) in [6, 6.07) is 11.6. The van der Waals surface area contributed by atoms with Crippen molar-refractivity contribution in [2.75, 3.05) is 51.1 Å². The largest absolute Gasteiger partial charge is 0.497 e. The first-order chi connectivity index (χ1) is 15.1. The maximum absolute atomic E-state index is 12.6. The number of ether oxygens (including phenoxy) is 2. The van der Waals surface area contributed by atoms with Crippen LogP contribution in [-0.2, 0) is 4.79 Å².